The van der Waals surface area contributed by atoms with Crippen molar-refractivity contribution in [2.45, 2.75) is 25.8 Å². The van der Waals surface area contributed by atoms with Gasteiger partial charge in [0, 0.05) is 6.54 Å². The molecule has 0 aromatic rings. The van der Waals surface area contributed by atoms with Gasteiger partial charge in [-0.3, -0.25) is 15.5 Å². The number of likely N-dealkylation sites (N-methyl/N-ethyl adjacent to an activating group) is 4. The standard InChI is InChI=1S/C9H24FN5/c1-6-13-9(12-3,14(4)5)8(11)15(10)7-2/h8,12-13H,6-7,11H2,1-5H3. The SMILES string of the molecule is CCNC(NC)(C(N)N(F)CC)N(C)C. The molecule has 0 amide bonds. The molecule has 4 N–H and O–H groups in total. The minimum Gasteiger partial charge on any atom is -0.310 e. The highest BCUT2D eigenvalue weighted by atomic mass is 19.2. The van der Waals surface area contributed by atoms with Crippen LogP contribution in [-0.2, 0) is 0 Å². The summed E-state index contributed by atoms with van der Waals surface area (Å²) in [4.78, 5) is 1.84. The third-order valence-corrected chi connectivity index (χ3v) is 2.56. The Morgan fingerprint density at radius 1 is 1.40 bits per heavy atom. The van der Waals surface area contributed by atoms with Crippen LogP contribution in [0.5, 0.6) is 0 Å². The van der Waals surface area contributed by atoms with Crippen molar-refractivity contribution in [2.75, 3.05) is 34.2 Å². The lowest BCUT2D eigenvalue weighted by Gasteiger charge is -2.45. The maximum absolute atomic E-state index is 13.5. The summed E-state index contributed by atoms with van der Waals surface area (Å²) >= 11 is 0. The Bertz CT molecular complexity index is 178. The molecule has 15 heavy (non-hydrogen) atoms. The van der Waals surface area contributed by atoms with Gasteiger partial charge < -0.3 is 5.73 Å². The molecule has 2 atom stereocenters. The molecule has 92 valence electrons. The van der Waals surface area contributed by atoms with E-state index in [0.717, 1.165) is 0 Å². The Labute approximate surface area is 91.7 Å². The smallest absolute Gasteiger partial charge is 0.157 e. The lowest BCUT2D eigenvalue weighted by Crippen LogP contribution is -2.76. The summed E-state index contributed by atoms with van der Waals surface area (Å²) in [7, 11) is 5.46. The minimum absolute atomic E-state index is 0.254. The molecule has 0 bridgehead atoms. The molecule has 6 heteroatoms. The van der Waals surface area contributed by atoms with Gasteiger partial charge >= 0.3 is 0 Å². The molecule has 5 nitrogen and oxygen atoms in total. The van der Waals surface area contributed by atoms with E-state index in [1.807, 2.05) is 25.9 Å². The normalized spacial score (nSPS) is 18.2. The summed E-state index contributed by atoms with van der Waals surface area (Å²) in [6.45, 7) is 4.63. The van der Waals surface area contributed by atoms with Crippen molar-refractivity contribution in [1.82, 2.24) is 20.7 Å². The third kappa shape index (κ3) is 3.09. The fourth-order valence-electron chi connectivity index (χ4n) is 1.66. The molecular formula is C9H24FN5. The van der Waals surface area contributed by atoms with Crippen LogP contribution in [0.2, 0.25) is 0 Å². The first-order chi connectivity index (χ1) is 6.96. The minimum atomic E-state index is -0.776. The van der Waals surface area contributed by atoms with Crippen molar-refractivity contribution in [1.29, 1.82) is 0 Å². The monoisotopic (exact) mass is 221 g/mol. The molecule has 0 radical (unpaired) electrons. The zero-order valence-electron chi connectivity index (χ0n) is 10.3. The zero-order chi connectivity index (χ0) is 12.1. The van der Waals surface area contributed by atoms with Crippen LogP contribution < -0.4 is 16.4 Å². The van der Waals surface area contributed by atoms with E-state index >= 15 is 0 Å². The predicted molar refractivity (Wildman–Crippen MR) is 60.6 cm³/mol. The second-order valence-electron chi connectivity index (χ2n) is 3.60. The molecule has 0 spiro atoms. The van der Waals surface area contributed by atoms with E-state index in [0.29, 0.717) is 11.7 Å². The van der Waals surface area contributed by atoms with E-state index in [2.05, 4.69) is 10.6 Å². The average Bonchev–Trinajstić information content (AvgIpc) is 2.23. The topological polar surface area (TPSA) is 56.6 Å². The van der Waals surface area contributed by atoms with Crippen molar-refractivity contribution in [3.63, 3.8) is 0 Å². The lowest BCUT2D eigenvalue weighted by atomic mass is 10.2. The molecule has 0 aliphatic carbocycles. The molecule has 0 heterocycles. The average molecular weight is 221 g/mol. The summed E-state index contributed by atoms with van der Waals surface area (Å²) in [5.74, 6) is -0.764. The van der Waals surface area contributed by atoms with Gasteiger partial charge in [-0.15, -0.1) is 9.60 Å². The van der Waals surface area contributed by atoms with E-state index < -0.39 is 12.0 Å². The van der Waals surface area contributed by atoms with Crippen LogP contribution in [0.1, 0.15) is 13.8 Å². The summed E-state index contributed by atoms with van der Waals surface area (Å²) < 4.78 is 13.5. The first-order valence-electron chi connectivity index (χ1n) is 5.25. The van der Waals surface area contributed by atoms with E-state index in [9.17, 15) is 4.48 Å². The number of rotatable bonds is 7. The first kappa shape index (κ1) is 14.7. The van der Waals surface area contributed by atoms with Gasteiger partial charge in [-0.05, 0) is 34.6 Å². The van der Waals surface area contributed by atoms with Crippen LogP contribution in [0, 0.1) is 0 Å². The summed E-state index contributed by atoms with van der Waals surface area (Å²) in [5.41, 5.74) is 5.89. The summed E-state index contributed by atoms with van der Waals surface area (Å²) in [6.07, 6.45) is -0.776. The van der Waals surface area contributed by atoms with E-state index in [4.69, 9.17) is 5.73 Å². The predicted octanol–water partition coefficient (Wildman–Crippen LogP) is -0.478. The van der Waals surface area contributed by atoms with Crippen molar-refractivity contribution >= 4 is 0 Å². The lowest BCUT2D eigenvalue weighted by molar-refractivity contribution is -0.104. The van der Waals surface area contributed by atoms with Gasteiger partial charge in [-0.1, -0.05) is 6.92 Å². The van der Waals surface area contributed by atoms with Crippen LogP contribution in [0.15, 0.2) is 0 Å². The van der Waals surface area contributed by atoms with E-state index in [-0.39, 0.29) is 6.54 Å². The third-order valence-electron chi connectivity index (χ3n) is 2.56. The zero-order valence-corrected chi connectivity index (χ0v) is 10.3. The highest BCUT2D eigenvalue weighted by Crippen LogP contribution is 2.12. The Morgan fingerprint density at radius 3 is 2.20 bits per heavy atom. The van der Waals surface area contributed by atoms with Crippen LogP contribution in [0.25, 0.3) is 0 Å². The molecule has 0 fully saturated rings. The maximum Gasteiger partial charge on any atom is 0.157 e. The highest BCUT2D eigenvalue weighted by Gasteiger charge is 2.40. The number of halogens is 1. The summed E-state index contributed by atoms with van der Waals surface area (Å²) in [6, 6.07) is 0. The van der Waals surface area contributed by atoms with Crippen LogP contribution in [0.4, 0.5) is 4.48 Å². The molecular weight excluding hydrogens is 197 g/mol. The van der Waals surface area contributed by atoms with Gasteiger partial charge in [-0.2, -0.15) is 0 Å². The Hall–Kier alpha value is -0.270. The Kier molecular flexibility index (Phi) is 6.23. The van der Waals surface area contributed by atoms with Crippen molar-refractivity contribution in [3.8, 4) is 0 Å². The largest absolute Gasteiger partial charge is 0.310 e. The fourth-order valence-corrected chi connectivity index (χ4v) is 1.66. The van der Waals surface area contributed by atoms with Crippen LogP contribution >= 0.6 is 0 Å². The molecule has 2 unspecified atom stereocenters. The van der Waals surface area contributed by atoms with Crippen molar-refractivity contribution in [2.24, 2.45) is 5.73 Å². The molecule has 0 rings (SSSR count). The molecule has 0 saturated carbocycles. The fraction of sp³-hybridized carbons (Fsp3) is 1.00. The molecule has 0 aliphatic heterocycles. The summed E-state index contributed by atoms with van der Waals surface area (Å²) in [5, 5.41) is 6.82. The number of hydrogen-bond donors (Lipinski definition) is 3. The van der Waals surface area contributed by atoms with Gasteiger partial charge in [0.05, 0.1) is 0 Å². The number of nitrogens with one attached hydrogen (secondary N) is 2. The van der Waals surface area contributed by atoms with Gasteiger partial charge in [0.2, 0.25) is 0 Å². The number of hydrogen-bond acceptors (Lipinski definition) is 5. The molecule has 0 aromatic carbocycles. The maximum atomic E-state index is 13.5. The van der Waals surface area contributed by atoms with Gasteiger partial charge in [0.1, 0.15) is 6.17 Å². The van der Waals surface area contributed by atoms with Crippen molar-refractivity contribution in [3.05, 3.63) is 0 Å². The second kappa shape index (κ2) is 6.34. The van der Waals surface area contributed by atoms with Crippen molar-refractivity contribution < 1.29 is 4.48 Å². The Morgan fingerprint density at radius 2 is 1.93 bits per heavy atom. The highest BCUT2D eigenvalue weighted by molar-refractivity contribution is 4.89. The van der Waals surface area contributed by atoms with Gasteiger partial charge in [-0.25, -0.2) is 0 Å². The van der Waals surface area contributed by atoms with Gasteiger partial charge in [0.15, 0.2) is 5.79 Å². The molecule has 0 aromatic heterocycles. The molecule has 0 saturated heterocycles. The van der Waals surface area contributed by atoms with E-state index in [1.54, 1.807) is 14.0 Å². The van der Waals surface area contributed by atoms with Crippen LogP contribution in [-0.4, -0.2) is 56.2 Å². The number of nitrogens with two attached hydrogens (primary N) is 1. The number of nitrogens with zero attached hydrogens (tertiary/aromatic N) is 2. The molecule has 0 aliphatic rings. The Balaban J connectivity index is 4.88. The quantitative estimate of drug-likeness (QED) is 0.400. The van der Waals surface area contributed by atoms with Gasteiger partial charge in [0.25, 0.3) is 0 Å². The van der Waals surface area contributed by atoms with Crippen LogP contribution in [0.3, 0.4) is 0 Å². The van der Waals surface area contributed by atoms with E-state index in [1.165, 1.54) is 0 Å². The first-order valence-corrected chi connectivity index (χ1v) is 5.25. The second-order valence-corrected chi connectivity index (χ2v) is 3.60.